The summed E-state index contributed by atoms with van der Waals surface area (Å²) in [5.74, 6) is 2.23. The van der Waals surface area contributed by atoms with E-state index in [1.165, 1.54) is 83.5 Å². The van der Waals surface area contributed by atoms with Crippen LogP contribution >= 0.6 is 0 Å². The molecular formula is C46H77N9O5. The Hall–Kier alpha value is -4.33. The van der Waals surface area contributed by atoms with Crippen molar-refractivity contribution in [1.29, 1.82) is 0 Å². The van der Waals surface area contributed by atoms with E-state index >= 15 is 0 Å². The standard InChI is InChI=1S/C46H77N9O5/c1-5-7-8-9-10-11-12-13-14-15-16-17-18-19-20-24-42(57)48-26-22-21-25-43(58)54-29-27-53(28-30-54)37-31-40(59-3)38(41(32-37)60-4)33-55-34-39-44(52-55)45(51-46(47)50-39)49-36(35-56)23-6-2/h31-32,34,36,56H,5-30,33,35H2,1-4H3,(H,48,57)(H3,47,49,50,51). The number of ether oxygens (including phenoxy) is 2. The lowest BCUT2D eigenvalue weighted by Gasteiger charge is -2.36. The van der Waals surface area contributed by atoms with Gasteiger partial charge in [-0.3, -0.25) is 14.3 Å². The van der Waals surface area contributed by atoms with Crippen LogP contribution in [0.5, 0.6) is 11.5 Å². The van der Waals surface area contributed by atoms with Gasteiger partial charge in [0.15, 0.2) is 11.3 Å². The molecule has 1 unspecified atom stereocenters. The first-order valence-electron chi connectivity index (χ1n) is 23.2. The van der Waals surface area contributed by atoms with E-state index in [9.17, 15) is 14.7 Å². The van der Waals surface area contributed by atoms with Crippen molar-refractivity contribution in [2.75, 3.05) is 69.5 Å². The van der Waals surface area contributed by atoms with Crippen molar-refractivity contribution in [2.24, 2.45) is 0 Å². The first kappa shape index (κ1) is 48.3. The van der Waals surface area contributed by atoms with Gasteiger partial charge in [0, 0.05) is 63.4 Å². The Balaban J connectivity index is 1.11. The topological polar surface area (TPSA) is 173 Å². The van der Waals surface area contributed by atoms with E-state index in [0.717, 1.165) is 49.8 Å². The van der Waals surface area contributed by atoms with Gasteiger partial charge >= 0.3 is 0 Å². The maximum atomic E-state index is 13.1. The third-order valence-electron chi connectivity index (χ3n) is 11.7. The van der Waals surface area contributed by atoms with E-state index in [0.29, 0.717) is 80.5 Å². The molecule has 0 saturated carbocycles. The summed E-state index contributed by atoms with van der Waals surface area (Å²) in [4.78, 5) is 38.4. The molecular weight excluding hydrogens is 759 g/mol. The molecule has 14 heteroatoms. The minimum Gasteiger partial charge on any atom is -0.496 e. The van der Waals surface area contributed by atoms with E-state index in [-0.39, 0.29) is 30.4 Å². The van der Waals surface area contributed by atoms with Gasteiger partial charge in [-0.2, -0.15) is 10.1 Å². The van der Waals surface area contributed by atoms with Crippen LogP contribution in [0.2, 0.25) is 0 Å². The highest BCUT2D eigenvalue weighted by atomic mass is 16.5. The maximum absolute atomic E-state index is 13.1. The number of hydrogen-bond donors (Lipinski definition) is 4. The van der Waals surface area contributed by atoms with Crippen LogP contribution in [0, 0.1) is 0 Å². The molecule has 3 aromatic rings. The molecule has 4 rings (SSSR count). The molecule has 1 aliphatic heterocycles. The Morgan fingerprint density at radius 1 is 0.783 bits per heavy atom. The highest BCUT2D eigenvalue weighted by Gasteiger charge is 2.24. The lowest BCUT2D eigenvalue weighted by Crippen LogP contribution is -2.48. The Labute approximate surface area is 359 Å². The van der Waals surface area contributed by atoms with Crippen molar-refractivity contribution in [3.8, 4) is 11.5 Å². The van der Waals surface area contributed by atoms with Crippen LogP contribution in [-0.4, -0.2) is 101 Å². The Kier molecular flexibility index (Phi) is 22.2. The number of benzene rings is 1. The zero-order valence-corrected chi connectivity index (χ0v) is 37.4. The molecule has 3 heterocycles. The molecule has 336 valence electrons. The molecule has 1 saturated heterocycles. The van der Waals surface area contributed by atoms with Gasteiger partial charge in [-0.05, 0) is 25.7 Å². The normalized spacial score (nSPS) is 13.5. The molecule has 1 aliphatic rings. The molecule has 5 N–H and O–H groups in total. The van der Waals surface area contributed by atoms with Crippen LogP contribution in [0.25, 0.3) is 11.0 Å². The number of nitrogens with zero attached hydrogens (tertiary/aromatic N) is 6. The van der Waals surface area contributed by atoms with Crippen LogP contribution < -0.4 is 30.7 Å². The number of amides is 2. The van der Waals surface area contributed by atoms with E-state index in [1.54, 1.807) is 18.9 Å². The van der Waals surface area contributed by atoms with Crippen molar-refractivity contribution >= 4 is 40.3 Å². The summed E-state index contributed by atoms with van der Waals surface area (Å²) in [5.41, 5.74) is 8.96. The molecule has 0 aliphatic carbocycles. The number of carbonyl (C=O) groups is 2. The lowest BCUT2D eigenvalue weighted by atomic mass is 10.0. The molecule has 60 heavy (non-hydrogen) atoms. The minimum absolute atomic E-state index is 0.0340. The Morgan fingerprint density at radius 3 is 1.93 bits per heavy atom. The number of methoxy groups -OCH3 is 2. The van der Waals surface area contributed by atoms with Gasteiger partial charge in [0.2, 0.25) is 17.8 Å². The van der Waals surface area contributed by atoms with Crippen molar-refractivity contribution in [2.45, 2.75) is 161 Å². The zero-order valence-electron chi connectivity index (χ0n) is 37.4. The Morgan fingerprint density at radius 2 is 1.37 bits per heavy atom. The molecule has 0 spiro atoms. The van der Waals surface area contributed by atoms with Crippen LogP contribution in [0.4, 0.5) is 17.5 Å². The molecule has 0 radical (unpaired) electrons. The summed E-state index contributed by atoms with van der Waals surface area (Å²) in [6.07, 6.45) is 25.9. The molecule has 1 atom stereocenters. The van der Waals surface area contributed by atoms with Crippen LogP contribution in [0.15, 0.2) is 18.3 Å². The quantitative estimate of drug-likeness (QED) is 0.0460. The SMILES string of the molecule is CCCCCCCCCCCCCCCCCC(=O)NCCCCC(=O)N1CCN(c2cc(OC)c(Cn3cc4nc(N)nc(NC(CO)CCC)c4n3)c(OC)c2)CC1. The fourth-order valence-corrected chi connectivity index (χ4v) is 8.13. The third kappa shape index (κ3) is 16.3. The third-order valence-corrected chi connectivity index (χ3v) is 11.7. The zero-order chi connectivity index (χ0) is 43.0. The predicted octanol–water partition coefficient (Wildman–Crippen LogP) is 8.24. The monoisotopic (exact) mass is 836 g/mol. The average molecular weight is 836 g/mol. The van der Waals surface area contributed by atoms with E-state index < -0.39 is 0 Å². The fourth-order valence-electron chi connectivity index (χ4n) is 8.13. The number of rotatable bonds is 31. The Bertz CT molecular complexity index is 1670. The van der Waals surface area contributed by atoms with Gasteiger partial charge in [0.1, 0.15) is 17.0 Å². The van der Waals surface area contributed by atoms with Gasteiger partial charge in [0.05, 0.1) is 45.2 Å². The smallest absolute Gasteiger partial charge is 0.222 e. The van der Waals surface area contributed by atoms with Crippen LogP contribution in [0.1, 0.15) is 154 Å². The van der Waals surface area contributed by atoms with Crippen LogP contribution in [0.3, 0.4) is 0 Å². The second kappa shape index (κ2) is 27.5. The summed E-state index contributed by atoms with van der Waals surface area (Å²) in [6.45, 7) is 7.94. The number of aliphatic hydroxyl groups excluding tert-OH is 1. The highest BCUT2D eigenvalue weighted by Crippen LogP contribution is 2.36. The number of nitrogens with two attached hydrogens (primary N) is 1. The number of nitrogens with one attached hydrogen (secondary N) is 2. The molecule has 1 aromatic carbocycles. The second-order valence-electron chi connectivity index (χ2n) is 16.5. The molecule has 2 aromatic heterocycles. The fraction of sp³-hybridized carbons (Fsp3) is 0.717. The maximum Gasteiger partial charge on any atom is 0.222 e. The first-order valence-corrected chi connectivity index (χ1v) is 23.2. The van der Waals surface area contributed by atoms with Crippen molar-refractivity contribution < 1.29 is 24.2 Å². The first-order chi connectivity index (χ1) is 29.3. The number of hydrogen-bond acceptors (Lipinski definition) is 11. The van der Waals surface area contributed by atoms with Crippen molar-refractivity contribution in [3.63, 3.8) is 0 Å². The summed E-state index contributed by atoms with van der Waals surface area (Å²) in [7, 11) is 3.28. The lowest BCUT2D eigenvalue weighted by molar-refractivity contribution is -0.131. The number of carbonyl (C=O) groups excluding carboxylic acids is 2. The number of unbranched alkanes of at least 4 members (excludes halogenated alkanes) is 15. The summed E-state index contributed by atoms with van der Waals surface area (Å²) < 4.78 is 13.5. The molecule has 1 fully saturated rings. The summed E-state index contributed by atoms with van der Waals surface area (Å²) in [5, 5.41) is 20.9. The highest BCUT2D eigenvalue weighted by molar-refractivity contribution is 5.86. The van der Waals surface area contributed by atoms with Gasteiger partial charge in [-0.15, -0.1) is 0 Å². The van der Waals surface area contributed by atoms with Gasteiger partial charge in [-0.1, -0.05) is 110 Å². The molecule has 14 nitrogen and oxygen atoms in total. The van der Waals surface area contributed by atoms with Crippen molar-refractivity contribution in [3.05, 3.63) is 23.9 Å². The average Bonchev–Trinajstić information content (AvgIpc) is 3.67. The number of nitrogen functional groups attached to an aromatic ring is 1. The van der Waals surface area contributed by atoms with Gasteiger partial charge in [0.25, 0.3) is 0 Å². The largest absolute Gasteiger partial charge is 0.496 e. The summed E-state index contributed by atoms with van der Waals surface area (Å²) >= 11 is 0. The minimum atomic E-state index is -0.172. The number of piperazine rings is 1. The number of aromatic nitrogens is 4. The summed E-state index contributed by atoms with van der Waals surface area (Å²) in [6, 6.07) is 3.84. The second-order valence-corrected chi connectivity index (χ2v) is 16.5. The van der Waals surface area contributed by atoms with Crippen molar-refractivity contribution in [1.82, 2.24) is 30.0 Å². The number of aliphatic hydroxyl groups is 1. The van der Waals surface area contributed by atoms with E-state index in [1.807, 2.05) is 23.2 Å². The van der Waals surface area contributed by atoms with Gasteiger partial charge in [-0.25, -0.2) is 4.98 Å². The molecule has 0 bridgehead atoms. The number of fused-ring (bicyclic) bond motifs is 1. The van der Waals surface area contributed by atoms with Crippen LogP contribution in [-0.2, 0) is 16.1 Å². The number of anilines is 3. The van der Waals surface area contributed by atoms with Gasteiger partial charge < -0.3 is 40.7 Å². The van der Waals surface area contributed by atoms with E-state index in [4.69, 9.17) is 20.3 Å². The predicted molar refractivity (Wildman–Crippen MR) is 243 cm³/mol. The molecule has 2 amide bonds. The van der Waals surface area contributed by atoms with E-state index in [2.05, 4.69) is 39.3 Å².